The van der Waals surface area contributed by atoms with Crippen molar-refractivity contribution >= 4 is 21.7 Å². The first-order chi connectivity index (χ1) is 8.53. The minimum Gasteiger partial charge on any atom is -0.316 e. The van der Waals surface area contributed by atoms with Crippen LogP contribution in [0.4, 0.5) is 4.39 Å². The molecule has 4 heteroatoms. The average molecular weight is 314 g/mol. The van der Waals surface area contributed by atoms with Crippen LogP contribution in [0.15, 0.2) is 22.7 Å². The van der Waals surface area contributed by atoms with Crippen molar-refractivity contribution < 1.29 is 9.18 Å². The monoisotopic (exact) mass is 313 g/mol. The third-order valence-corrected chi connectivity index (χ3v) is 4.54. The van der Waals surface area contributed by atoms with Crippen molar-refractivity contribution in [2.45, 2.75) is 26.2 Å². The Morgan fingerprint density at radius 2 is 2.33 bits per heavy atom. The second-order valence-electron chi connectivity index (χ2n) is 5.15. The van der Waals surface area contributed by atoms with Gasteiger partial charge < -0.3 is 5.32 Å². The molecule has 0 aromatic heterocycles. The fourth-order valence-corrected chi connectivity index (χ4v) is 2.77. The molecule has 1 atom stereocenters. The van der Waals surface area contributed by atoms with Crippen LogP contribution >= 0.6 is 15.9 Å². The Kier molecular flexibility index (Phi) is 4.17. The lowest BCUT2D eigenvalue weighted by atomic mass is 9.77. The fourth-order valence-electron chi connectivity index (χ4n) is 2.37. The third kappa shape index (κ3) is 2.81. The molecule has 1 saturated heterocycles. The molecule has 0 bridgehead atoms. The summed E-state index contributed by atoms with van der Waals surface area (Å²) in [6.45, 7) is 3.69. The first-order valence-corrected chi connectivity index (χ1v) is 6.99. The van der Waals surface area contributed by atoms with Gasteiger partial charge in [0.25, 0.3) is 0 Å². The van der Waals surface area contributed by atoms with Gasteiger partial charge in [-0.05, 0) is 46.9 Å². The van der Waals surface area contributed by atoms with Gasteiger partial charge in [-0.2, -0.15) is 0 Å². The van der Waals surface area contributed by atoms with Gasteiger partial charge in [0.1, 0.15) is 11.6 Å². The molecule has 1 unspecified atom stereocenters. The predicted octanol–water partition coefficient (Wildman–Crippen LogP) is 3.09. The number of hydrogen-bond donors (Lipinski definition) is 1. The summed E-state index contributed by atoms with van der Waals surface area (Å²) < 4.78 is 13.8. The molecule has 0 amide bonds. The van der Waals surface area contributed by atoms with Gasteiger partial charge in [-0.3, -0.25) is 4.79 Å². The number of rotatable bonds is 3. The number of halogens is 2. The van der Waals surface area contributed by atoms with E-state index in [-0.39, 0.29) is 23.4 Å². The van der Waals surface area contributed by atoms with Gasteiger partial charge in [0.2, 0.25) is 0 Å². The molecule has 2 rings (SSSR count). The fraction of sp³-hybridized carbons (Fsp3) is 0.500. The Labute approximate surface area is 115 Å². The molecule has 2 nitrogen and oxygen atoms in total. The standard InChI is InChI=1S/C14H17BrFNO/c1-14(6-3-7-17-9-14)12(18)8-10-4-2-5-11(16)13(10)15/h2,4-5,17H,3,6-9H2,1H3. The molecule has 1 aliphatic heterocycles. The van der Waals surface area contributed by atoms with Crippen LogP contribution in [0.5, 0.6) is 0 Å². The summed E-state index contributed by atoms with van der Waals surface area (Å²) >= 11 is 3.21. The zero-order valence-corrected chi connectivity index (χ0v) is 12.0. The summed E-state index contributed by atoms with van der Waals surface area (Å²) in [6.07, 6.45) is 2.22. The quantitative estimate of drug-likeness (QED) is 0.929. The highest BCUT2D eigenvalue weighted by molar-refractivity contribution is 9.10. The highest BCUT2D eigenvalue weighted by Crippen LogP contribution is 2.30. The first-order valence-electron chi connectivity index (χ1n) is 6.20. The molecule has 1 heterocycles. The normalized spacial score (nSPS) is 23.9. The van der Waals surface area contributed by atoms with E-state index in [9.17, 15) is 9.18 Å². The lowest BCUT2D eigenvalue weighted by Gasteiger charge is -2.32. The Hall–Kier alpha value is -0.740. The van der Waals surface area contributed by atoms with Crippen LogP contribution in [0.3, 0.4) is 0 Å². The molecule has 98 valence electrons. The van der Waals surface area contributed by atoms with Crippen LogP contribution in [-0.4, -0.2) is 18.9 Å². The van der Waals surface area contributed by atoms with Crippen LogP contribution in [0.2, 0.25) is 0 Å². The molecular formula is C14H17BrFNO. The lowest BCUT2D eigenvalue weighted by Crippen LogP contribution is -2.44. The number of benzene rings is 1. The molecule has 0 spiro atoms. The van der Waals surface area contributed by atoms with Crippen molar-refractivity contribution in [3.05, 3.63) is 34.1 Å². The largest absolute Gasteiger partial charge is 0.316 e. The number of carbonyl (C=O) groups excluding carboxylic acids is 1. The van der Waals surface area contributed by atoms with E-state index in [1.165, 1.54) is 6.07 Å². The molecule has 1 aromatic rings. The number of ketones is 1. The van der Waals surface area contributed by atoms with Gasteiger partial charge in [0.05, 0.1) is 4.47 Å². The molecule has 1 aliphatic rings. The lowest BCUT2D eigenvalue weighted by molar-refractivity contribution is -0.128. The van der Waals surface area contributed by atoms with E-state index in [2.05, 4.69) is 21.2 Å². The molecule has 0 aliphatic carbocycles. The van der Waals surface area contributed by atoms with Crippen molar-refractivity contribution in [3.8, 4) is 0 Å². The van der Waals surface area contributed by atoms with Gasteiger partial charge in [0, 0.05) is 18.4 Å². The van der Waals surface area contributed by atoms with Gasteiger partial charge in [0.15, 0.2) is 0 Å². The number of Topliss-reactive ketones (excluding diaryl/α,β-unsaturated/α-hetero) is 1. The van der Waals surface area contributed by atoms with Gasteiger partial charge in [-0.25, -0.2) is 4.39 Å². The minimum atomic E-state index is -0.315. The summed E-state index contributed by atoms with van der Waals surface area (Å²) in [5, 5.41) is 3.26. The van der Waals surface area contributed by atoms with Crippen LogP contribution in [0, 0.1) is 11.2 Å². The first kappa shape index (κ1) is 13.7. The zero-order valence-electron chi connectivity index (χ0n) is 10.4. The second-order valence-corrected chi connectivity index (χ2v) is 5.95. The third-order valence-electron chi connectivity index (χ3n) is 3.65. The second kappa shape index (κ2) is 5.49. The molecule has 18 heavy (non-hydrogen) atoms. The minimum absolute atomic E-state index is 0.181. The average Bonchev–Trinajstić information content (AvgIpc) is 2.36. The van der Waals surface area contributed by atoms with E-state index in [4.69, 9.17) is 0 Å². The maximum absolute atomic E-state index is 13.4. The summed E-state index contributed by atoms with van der Waals surface area (Å²) in [7, 11) is 0. The molecule has 1 N–H and O–H groups in total. The van der Waals surface area contributed by atoms with Crippen molar-refractivity contribution in [1.29, 1.82) is 0 Å². The van der Waals surface area contributed by atoms with Crippen LogP contribution < -0.4 is 5.32 Å². The topological polar surface area (TPSA) is 29.1 Å². The van der Waals surface area contributed by atoms with Crippen LogP contribution in [0.1, 0.15) is 25.3 Å². The van der Waals surface area contributed by atoms with Crippen LogP contribution in [0.25, 0.3) is 0 Å². The maximum atomic E-state index is 13.4. The van der Waals surface area contributed by atoms with Crippen LogP contribution in [-0.2, 0) is 11.2 Å². The smallest absolute Gasteiger partial charge is 0.144 e. The van der Waals surface area contributed by atoms with E-state index in [1.807, 2.05) is 6.92 Å². The van der Waals surface area contributed by atoms with E-state index >= 15 is 0 Å². The number of hydrogen-bond acceptors (Lipinski definition) is 2. The molecule has 0 saturated carbocycles. The Balaban J connectivity index is 2.13. The maximum Gasteiger partial charge on any atom is 0.144 e. The Bertz CT molecular complexity index is 455. The predicted molar refractivity (Wildman–Crippen MR) is 73.0 cm³/mol. The van der Waals surface area contributed by atoms with Crippen molar-refractivity contribution in [2.24, 2.45) is 5.41 Å². The summed E-state index contributed by atoms with van der Waals surface area (Å²) in [5.41, 5.74) is 0.413. The number of nitrogens with one attached hydrogen (secondary N) is 1. The van der Waals surface area contributed by atoms with E-state index in [0.29, 0.717) is 4.47 Å². The van der Waals surface area contributed by atoms with Gasteiger partial charge in [-0.15, -0.1) is 0 Å². The van der Waals surface area contributed by atoms with Crippen molar-refractivity contribution in [3.63, 3.8) is 0 Å². The summed E-state index contributed by atoms with van der Waals surface area (Å²) in [4.78, 5) is 12.4. The number of carbonyl (C=O) groups is 1. The zero-order chi connectivity index (χ0) is 13.2. The number of piperidine rings is 1. The molecule has 1 fully saturated rings. The van der Waals surface area contributed by atoms with E-state index in [1.54, 1.807) is 12.1 Å². The highest BCUT2D eigenvalue weighted by atomic mass is 79.9. The summed E-state index contributed by atoms with van der Waals surface area (Å²) in [5.74, 6) is -0.131. The van der Waals surface area contributed by atoms with Gasteiger partial charge >= 0.3 is 0 Å². The molecule has 1 aromatic carbocycles. The highest BCUT2D eigenvalue weighted by Gasteiger charge is 2.34. The molecular weight excluding hydrogens is 297 g/mol. The Morgan fingerprint density at radius 1 is 1.56 bits per heavy atom. The Morgan fingerprint density at radius 3 is 3.00 bits per heavy atom. The van der Waals surface area contributed by atoms with Crippen molar-refractivity contribution in [2.75, 3.05) is 13.1 Å². The van der Waals surface area contributed by atoms with Crippen molar-refractivity contribution in [1.82, 2.24) is 5.32 Å². The summed E-state index contributed by atoms with van der Waals surface area (Å²) in [6, 6.07) is 4.83. The van der Waals surface area contributed by atoms with Gasteiger partial charge in [-0.1, -0.05) is 19.1 Å². The van der Waals surface area contributed by atoms with E-state index in [0.717, 1.165) is 31.5 Å². The van der Waals surface area contributed by atoms with E-state index < -0.39 is 0 Å². The SMILES string of the molecule is CC1(C(=O)Cc2cccc(F)c2Br)CCCNC1. The molecule has 0 radical (unpaired) electrons.